The summed E-state index contributed by atoms with van der Waals surface area (Å²) in [5.41, 5.74) is -1.93. The first-order valence-electron chi connectivity index (χ1n) is 8.89. The van der Waals surface area contributed by atoms with E-state index in [2.05, 4.69) is 15.3 Å². The summed E-state index contributed by atoms with van der Waals surface area (Å²) >= 11 is 0. The van der Waals surface area contributed by atoms with Crippen LogP contribution in [0.1, 0.15) is 23.0 Å². The van der Waals surface area contributed by atoms with Crippen molar-refractivity contribution in [2.45, 2.75) is 13.1 Å². The van der Waals surface area contributed by atoms with Gasteiger partial charge in [-0.1, -0.05) is 0 Å². The van der Waals surface area contributed by atoms with Crippen LogP contribution in [-0.2, 0) is 16.2 Å². The van der Waals surface area contributed by atoms with Crippen molar-refractivity contribution in [2.75, 3.05) is 39.0 Å². The van der Waals surface area contributed by atoms with E-state index in [0.717, 1.165) is 6.20 Å². The minimum Gasteiger partial charge on any atom is -0.480 e. The SMILES string of the molecule is CCS(=O)(=O)N1CCN(C(=O)c2cnn(-c3ccc(OC)nn3)c2C(F)(F)F)CC1. The molecule has 0 bridgehead atoms. The Morgan fingerprint density at radius 3 is 2.33 bits per heavy atom. The van der Waals surface area contributed by atoms with Crippen LogP contribution >= 0.6 is 0 Å². The second kappa shape index (κ2) is 8.18. The molecule has 2 aromatic heterocycles. The molecule has 164 valence electrons. The number of nitrogens with zero attached hydrogens (tertiary/aromatic N) is 6. The second-order valence-corrected chi connectivity index (χ2v) is 8.60. The Morgan fingerprint density at radius 1 is 1.17 bits per heavy atom. The van der Waals surface area contributed by atoms with Gasteiger partial charge in [0.05, 0.1) is 24.6 Å². The number of halogens is 3. The Hall–Kier alpha value is -2.74. The molecule has 0 N–H and O–H groups in total. The quantitative estimate of drug-likeness (QED) is 0.665. The largest absolute Gasteiger partial charge is 0.480 e. The highest BCUT2D eigenvalue weighted by molar-refractivity contribution is 7.89. The maximum atomic E-state index is 13.8. The summed E-state index contributed by atoms with van der Waals surface area (Å²) in [5.74, 6) is -1.10. The molecule has 10 nitrogen and oxygen atoms in total. The topological polar surface area (TPSA) is 111 Å². The fourth-order valence-corrected chi connectivity index (χ4v) is 4.09. The molecule has 30 heavy (non-hydrogen) atoms. The van der Waals surface area contributed by atoms with Crippen LogP contribution in [0, 0.1) is 0 Å². The number of ether oxygens (including phenoxy) is 1. The molecule has 1 aliphatic heterocycles. The minimum atomic E-state index is -4.89. The van der Waals surface area contributed by atoms with Gasteiger partial charge in [0.15, 0.2) is 11.5 Å². The van der Waals surface area contributed by atoms with Crippen molar-refractivity contribution < 1.29 is 31.1 Å². The predicted octanol–water partition coefficient (Wildman–Crippen LogP) is 0.797. The van der Waals surface area contributed by atoms with Crippen molar-refractivity contribution in [3.63, 3.8) is 0 Å². The van der Waals surface area contributed by atoms with Gasteiger partial charge in [-0.2, -0.15) is 22.6 Å². The summed E-state index contributed by atoms with van der Waals surface area (Å²) in [4.78, 5) is 14.0. The second-order valence-electron chi connectivity index (χ2n) is 6.34. The molecule has 0 atom stereocenters. The smallest absolute Gasteiger partial charge is 0.434 e. The molecule has 0 spiro atoms. The molecule has 0 saturated carbocycles. The lowest BCUT2D eigenvalue weighted by molar-refractivity contribution is -0.143. The molecule has 3 rings (SSSR count). The van der Waals surface area contributed by atoms with E-state index in [1.165, 1.54) is 35.4 Å². The van der Waals surface area contributed by atoms with Gasteiger partial charge in [0.2, 0.25) is 15.9 Å². The molecule has 1 amide bonds. The summed E-state index contributed by atoms with van der Waals surface area (Å²) in [5, 5.41) is 11.0. The van der Waals surface area contributed by atoms with Gasteiger partial charge in [-0.3, -0.25) is 4.79 Å². The zero-order valence-electron chi connectivity index (χ0n) is 16.1. The highest BCUT2D eigenvalue weighted by Gasteiger charge is 2.42. The van der Waals surface area contributed by atoms with Crippen LogP contribution in [-0.4, -0.2) is 82.5 Å². The number of carbonyl (C=O) groups is 1. The number of hydrogen-bond acceptors (Lipinski definition) is 7. The lowest BCUT2D eigenvalue weighted by atomic mass is 10.2. The monoisotopic (exact) mass is 448 g/mol. The Bertz CT molecular complexity index is 1010. The van der Waals surface area contributed by atoms with Crippen molar-refractivity contribution in [1.29, 1.82) is 0 Å². The molecule has 0 aliphatic carbocycles. The van der Waals surface area contributed by atoms with Gasteiger partial charge in [-0.05, 0) is 13.0 Å². The van der Waals surface area contributed by atoms with E-state index in [4.69, 9.17) is 4.74 Å². The molecule has 2 aromatic rings. The van der Waals surface area contributed by atoms with Gasteiger partial charge in [0.1, 0.15) is 0 Å². The number of methoxy groups -OCH3 is 1. The average molecular weight is 448 g/mol. The van der Waals surface area contributed by atoms with Crippen LogP contribution in [0.25, 0.3) is 5.82 Å². The number of carbonyl (C=O) groups excluding carboxylic acids is 1. The normalized spacial score (nSPS) is 16.0. The minimum absolute atomic E-state index is 0.0152. The Kier molecular flexibility index (Phi) is 5.99. The lowest BCUT2D eigenvalue weighted by Gasteiger charge is -2.33. The van der Waals surface area contributed by atoms with Crippen LogP contribution in [0.2, 0.25) is 0 Å². The third-order valence-electron chi connectivity index (χ3n) is 4.60. The van der Waals surface area contributed by atoms with Gasteiger partial charge in [0, 0.05) is 32.2 Å². The van der Waals surface area contributed by atoms with E-state index in [-0.39, 0.29) is 43.6 Å². The molecule has 0 radical (unpaired) electrons. The Balaban J connectivity index is 1.89. The molecule has 14 heteroatoms. The van der Waals surface area contributed by atoms with Crippen molar-refractivity contribution >= 4 is 15.9 Å². The number of sulfonamides is 1. The van der Waals surface area contributed by atoms with Gasteiger partial charge >= 0.3 is 6.18 Å². The molecule has 1 saturated heterocycles. The van der Waals surface area contributed by atoms with E-state index < -0.39 is 33.4 Å². The zero-order valence-corrected chi connectivity index (χ0v) is 16.9. The predicted molar refractivity (Wildman–Crippen MR) is 97.6 cm³/mol. The average Bonchev–Trinajstić information content (AvgIpc) is 3.19. The van der Waals surface area contributed by atoms with E-state index >= 15 is 0 Å². The van der Waals surface area contributed by atoms with E-state index in [1.54, 1.807) is 0 Å². The number of piperazine rings is 1. The van der Waals surface area contributed by atoms with E-state index in [1.807, 2.05) is 0 Å². The third-order valence-corrected chi connectivity index (χ3v) is 6.49. The molecule has 1 aliphatic rings. The summed E-state index contributed by atoms with van der Waals surface area (Å²) in [6.07, 6.45) is -4.07. The number of rotatable bonds is 5. The van der Waals surface area contributed by atoms with Crippen molar-refractivity contribution in [3.05, 3.63) is 29.6 Å². The third kappa shape index (κ3) is 4.23. The summed E-state index contributed by atoms with van der Waals surface area (Å²) in [6, 6.07) is 2.55. The maximum absolute atomic E-state index is 13.8. The van der Waals surface area contributed by atoms with Crippen molar-refractivity contribution in [2.24, 2.45) is 0 Å². The van der Waals surface area contributed by atoms with Gasteiger partial charge in [-0.15, -0.1) is 10.2 Å². The molecular weight excluding hydrogens is 429 g/mol. The fourth-order valence-electron chi connectivity index (χ4n) is 3.01. The van der Waals surface area contributed by atoms with Gasteiger partial charge in [-0.25, -0.2) is 13.1 Å². The number of aromatic nitrogens is 4. The maximum Gasteiger partial charge on any atom is 0.434 e. The number of alkyl halides is 3. The fraction of sp³-hybridized carbons (Fsp3) is 0.500. The van der Waals surface area contributed by atoms with E-state index in [0.29, 0.717) is 4.68 Å². The number of amides is 1. The molecule has 0 unspecified atom stereocenters. The molecule has 0 aromatic carbocycles. The first-order valence-corrected chi connectivity index (χ1v) is 10.5. The van der Waals surface area contributed by atoms with Crippen LogP contribution in [0.5, 0.6) is 5.88 Å². The zero-order chi connectivity index (χ0) is 22.1. The molecular formula is C16H19F3N6O4S. The van der Waals surface area contributed by atoms with Gasteiger partial charge in [0.25, 0.3) is 5.91 Å². The van der Waals surface area contributed by atoms with Gasteiger partial charge < -0.3 is 9.64 Å². The number of hydrogen-bond donors (Lipinski definition) is 0. The van der Waals surface area contributed by atoms with Crippen LogP contribution in [0.3, 0.4) is 0 Å². The molecule has 1 fully saturated rings. The van der Waals surface area contributed by atoms with Crippen molar-refractivity contribution in [1.82, 2.24) is 29.2 Å². The Labute approximate surface area is 170 Å². The van der Waals surface area contributed by atoms with Crippen LogP contribution in [0.15, 0.2) is 18.3 Å². The van der Waals surface area contributed by atoms with E-state index in [9.17, 15) is 26.4 Å². The highest BCUT2D eigenvalue weighted by atomic mass is 32.2. The summed E-state index contributed by atoms with van der Waals surface area (Å²) < 4.78 is 71.7. The molecule has 3 heterocycles. The summed E-state index contributed by atoms with van der Waals surface area (Å²) in [7, 11) is -2.10. The highest BCUT2D eigenvalue weighted by Crippen LogP contribution is 2.34. The lowest BCUT2D eigenvalue weighted by Crippen LogP contribution is -2.51. The van der Waals surface area contributed by atoms with Crippen LogP contribution in [0.4, 0.5) is 13.2 Å². The standard InChI is InChI=1S/C16H19F3N6O4S/c1-3-30(27,28)24-8-6-23(7-9-24)15(26)11-10-20-25(14(11)16(17,18)19)12-4-5-13(29-2)22-21-12/h4-5,10H,3,6-9H2,1-2H3. The Morgan fingerprint density at radius 2 is 1.83 bits per heavy atom. The van der Waals surface area contributed by atoms with Crippen molar-refractivity contribution in [3.8, 4) is 11.7 Å². The van der Waals surface area contributed by atoms with Crippen LogP contribution < -0.4 is 4.74 Å². The summed E-state index contributed by atoms with van der Waals surface area (Å²) in [6.45, 7) is 1.48. The first kappa shape index (κ1) is 22.0. The first-order chi connectivity index (χ1) is 14.1.